The van der Waals surface area contributed by atoms with Crippen molar-refractivity contribution in [3.8, 4) is 34.3 Å². The summed E-state index contributed by atoms with van der Waals surface area (Å²) >= 11 is 0. The number of phenols is 3. The molecule has 0 aliphatic heterocycles. The second kappa shape index (κ2) is 9.39. The van der Waals surface area contributed by atoms with Crippen molar-refractivity contribution in [2.45, 2.75) is 47.0 Å². The molecule has 0 radical (unpaired) electrons. The first-order chi connectivity index (χ1) is 15.1. The third kappa shape index (κ3) is 4.59. The number of hydrogen-bond acceptors (Lipinski definition) is 6. The molecular weight excluding hydrogens is 408 g/mol. The lowest BCUT2D eigenvalue weighted by Crippen LogP contribution is -2.12. The monoisotopic (exact) mass is 438 g/mol. The Morgan fingerprint density at radius 2 is 1.84 bits per heavy atom. The summed E-state index contributed by atoms with van der Waals surface area (Å²) < 4.78 is 11.6. The van der Waals surface area contributed by atoms with Gasteiger partial charge in [-0.2, -0.15) is 0 Å². The molecule has 3 aromatic rings. The van der Waals surface area contributed by atoms with E-state index in [4.69, 9.17) is 9.15 Å². The van der Waals surface area contributed by atoms with Gasteiger partial charge in [-0.3, -0.25) is 4.79 Å². The van der Waals surface area contributed by atoms with E-state index in [9.17, 15) is 20.1 Å². The van der Waals surface area contributed by atoms with E-state index < -0.39 is 0 Å². The Labute approximate surface area is 187 Å². The largest absolute Gasteiger partial charge is 0.508 e. The van der Waals surface area contributed by atoms with Gasteiger partial charge in [-0.25, -0.2) is 0 Å². The average molecular weight is 439 g/mol. The van der Waals surface area contributed by atoms with Crippen LogP contribution in [0.15, 0.2) is 45.1 Å². The smallest absolute Gasteiger partial charge is 0.200 e. The normalized spacial score (nSPS) is 11.2. The Morgan fingerprint density at radius 1 is 1.12 bits per heavy atom. The Morgan fingerprint density at radius 3 is 2.44 bits per heavy atom. The second-order valence-corrected chi connectivity index (χ2v) is 8.64. The molecule has 0 fully saturated rings. The van der Waals surface area contributed by atoms with Crippen molar-refractivity contribution in [1.29, 1.82) is 0 Å². The van der Waals surface area contributed by atoms with Gasteiger partial charge < -0.3 is 24.5 Å². The molecule has 0 saturated carbocycles. The van der Waals surface area contributed by atoms with E-state index in [1.807, 2.05) is 19.9 Å². The highest BCUT2D eigenvalue weighted by Gasteiger charge is 2.23. The van der Waals surface area contributed by atoms with Gasteiger partial charge in [-0.05, 0) is 51.2 Å². The molecule has 2 aromatic carbocycles. The first-order valence-electron chi connectivity index (χ1n) is 10.7. The highest BCUT2D eigenvalue weighted by Crippen LogP contribution is 2.40. The van der Waals surface area contributed by atoms with Crippen molar-refractivity contribution in [1.82, 2.24) is 0 Å². The molecule has 0 bridgehead atoms. The Hall–Kier alpha value is -3.41. The van der Waals surface area contributed by atoms with E-state index in [2.05, 4.69) is 13.8 Å². The second-order valence-electron chi connectivity index (χ2n) is 8.64. The minimum absolute atomic E-state index is 0.101. The summed E-state index contributed by atoms with van der Waals surface area (Å²) in [6, 6.07) is 5.71. The quantitative estimate of drug-likeness (QED) is 0.410. The maximum atomic E-state index is 13.6. The summed E-state index contributed by atoms with van der Waals surface area (Å²) in [5.41, 5.74) is 1.99. The zero-order valence-corrected chi connectivity index (χ0v) is 19.2. The van der Waals surface area contributed by atoms with Crippen LogP contribution in [0.25, 0.3) is 22.3 Å². The summed E-state index contributed by atoms with van der Waals surface area (Å²) in [7, 11) is 1.51. The van der Waals surface area contributed by atoms with Gasteiger partial charge >= 0.3 is 0 Å². The minimum atomic E-state index is -0.364. The molecular formula is C26H30O6. The van der Waals surface area contributed by atoms with Crippen molar-refractivity contribution in [3.05, 3.63) is 57.3 Å². The summed E-state index contributed by atoms with van der Waals surface area (Å²) in [6.45, 7) is 8.03. The zero-order chi connectivity index (χ0) is 23.6. The van der Waals surface area contributed by atoms with Crippen LogP contribution in [0.4, 0.5) is 0 Å². The molecule has 32 heavy (non-hydrogen) atoms. The van der Waals surface area contributed by atoms with Crippen molar-refractivity contribution in [2.75, 3.05) is 7.11 Å². The Bertz CT molecular complexity index is 1230. The summed E-state index contributed by atoms with van der Waals surface area (Å²) in [4.78, 5) is 13.6. The number of phenolic OH excluding ortho intramolecular Hbond substituents is 3. The molecule has 3 rings (SSSR count). The van der Waals surface area contributed by atoms with Crippen LogP contribution in [-0.2, 0) is 12.8 Å². The highest BCUT2D eigenvalue weighted by atomic mass is 16.5. The van der Waals surface area contributed by atoms with Crippen LogP contribution in [-0.4, -0.2) is 22.4 Å². The zero-order valence-electron chi connectivity index (χ0n) is 19.2. The van der Waals surface area contributed by atoms with Crippen LogP contribution in [0.2, 0.25) is 0 Å². The van der Waals surface area contributed by atoms with Gasteiger partial charge in [0, 0.05) is 23.3 Å². The lowest BCUT2D eigenvalue weighted by Gasteiger charge is -2.16. The highest BCUT2D eigenvalue weighted by molar-refractivity contribution is 5.89. The first kappa shape index (κ1) is 23.3. The molecule has 0 aliphatic carbocycles. The van der Waals surface area contributed by atoms with Gasteiger partial charge in [-0.15, -0.1) is 0 Å². The summed E-state index contributed by atoms with van der Waals surface area (Å²) in [5.74, 6) is 0.601. The average Bonchev–Trinajstić information content (AvgIpc) is 2.71. The fourth-order valence-corrected chi connectivity index (χ4v) is 3.67. The lowest BCUT2D eigenvalue weighted by molar-refractivity contribution is 0.397. The summed E-state index contributed by atoms with van der Waals surface area (Å²) in [6.07, 6.45) is 3.54. The lowest BCUT2D eigenvalue weighted by atomic mass is 9.96. The third-order valence-corrected chi connectivity index (χ3v) is 5.45. The van der Waals surface area contributed by atoms with E-state index >= 15 is 0 Å². The van der Waals surface area contributed by atoms with Crippen LogP contribution < -0.4 is 10.2 Å². The Kier molecular flexibility index (Phi) is 6.82. The van der Waals surface area contributed by atoms with Crippen LogP contribution in [0.1, 0.15) is 45.2 Å². The molecule has 170 valence electrons. The van der Waals surface area contributed by atoms with E-state index in [-0.39, 0.29) is 51.4 Å². The van der Waals surface area contributed by atoms with Crippen molar-refractivity contribution in [2.24, 2.45) is 5.92 Å². The van der Waals surface area contributed by atoms with Crippen LogP contribution in [0, 0.1) is 5.92 Å². The maximum Gasteiger partial charge on any atom is 0.200 e. The molecule has 0 spiro atoms. The molecule has 0 saturated heterocycles. The number of aromatic hydroxyl groups is 3. The molecule has 0 atom stereocenters. The Balaban J connectivity index is 2.37. The first-order valence-corrected chi connectivity index (χ1v) is 10.7. The van der Waals surface area contributed by atoms with E-state index in [0.717, 1.165) is 12.0 Å². The SMILES string of the molecule is COc1cc2oc(-c3ccc(O)cc3O)c(CC=C(C)C)c(=O)c2c(O)c1CCC(C)C. The predicted octanol–water partition coefficient (Wildman–Crippen LogP) is 5.68. The fourth-order valence-electron chi connectivity index (χ4n) is 3.67. The number of hydrogen-bond donors (Lipinski definition) is 3. The molecule has 0 amide bonds. The molecule has 6 heteroatoms. The van der Waals surface area contributed by atoms with Gasteiger partial charge in [0.05, 0.1) is 12.7 Å². The van der Waals surface area contributed by atoms with Gasteiger partial charge in [0.25, 0.3) is 0 Å². The van der Waals surface area contributed by atoms with Crippen LogP contribution in [0.5, 0.6) is 23.0 Å². The topological polar surface area (TPSA) is 100 Å². The van der Waals surface area contributed by atoms with Crippen molar-refractivity contribution >= 4 is 11.0 Å². The fraction of sp³-hybridized carbons (Fsp3) is 0.346. The van der Waals surface area contributed by atoms with E-state index in [1.54, 1.807) is 6.07 Å². The summed E-state index contributed by atoms with van der Waals surface area (Å²) in [5, 5.41) is 31.3. The number of ether oxygens (including phenoxy) is 1. The van der Waals surface area contributed by atoms with Crippen molar-refractivity contribution in [3.63, 3.8) is 0 Å². The molecule has 6 nitrogen and oxygen atoms in total. The van der Waals surface area contributed by atoms with Crippen LogP contribution in [0.3, 0.4) is 0 Å². The predicted molar refractivity (Wildman–Crippen MR) is 126 cm³/mol. The van der Waals surface area contributed by atoms with Gasteiger partial charge in [0.2, 0.25) is 5.43 Å². The molecule has 1 aromatic heterocycles. The van der Waals surface area contributed by atoms with Gasteiger partial charge in [0.15, 0.2) is 0 Å². The number of allylic oxidation sites excluding steroid dienone is 2. The molecule has 3 N–H and O–H groups in total. The van der Waals surface area contributed by atoms with Crippen LogP contribution >= 0.6 is 0 Å². The van der Waals surface area contributed by atoms with E-state index in [0.29, 0.717) is 29.2 Å². The third-order valence-electron chi connectivity index (χ3n) is 5.45. The molecule has 0 unspecified atom stereocenters. The van der Waals surface area contributed by atoms with Gasteiger partial charge in [0.1, 0.15) is 39.7 Å². The number of rotatable bonds is 7. The molecule has 1 heterocycles. The maximum absolute atomic E-state index is 13.6. The van der Waals surface area contributed by atoms with Crippen molar-refractivity contribution < 1.29 is 24.5 Å². The van der Waals surface area contributed by atoms with Gasteiger partial charge in [-0.1, -0.05) is 25.5 Å². The standard InChI is InChI=1S/C26H30O6/c1-14(2)6-9-18-21(31-5)13-22-23(24(18)29)25(30)19(10-7-15(3)4)26(32-22)17-11-8-16(27)12-20(17)28/h7-8,11-14,27-29H,6,9-10H2,1-5H3. The number of fused-ring (bicyclic) bond motifs is 1. The molecule has 0 aliphatic rings. The number of benzene rings is 2. The number of methoxy groups -OCH3 is 1. The minimum Gasteiger partial charge on any atom is -0.508 e. The van der Waals surface area contributed by atoms with E-state index in [1.165, 1.54) is 25.3 Å².